The van der Waals surface area contributed by atoms with Crippen LogP contribution in [0.15, 0.2) is 41.4 Å². The van der Waals surface area contributed by atoms with Gasteiger partial charge in [-0.2, -0.15) is 0 Å². The molecule has 5 nitrogen and oxygen atoms in total. The number of nitrogens with one attached hydrogen (secondary N) is 1. The van der Waals surface area contributed by atoms with Gasteiger partial charge in [-0.1, -0.05) is 29.3 Å². The highest BCUT2D eigenvalue weighted by Crippen LogP contribution is 2.16. The number of hydrogen-bond donors (Lipinski definition) is 1. The Morgan fingerprint density at radius 1 is 1.06 bits per heavy atom. The quantitative estimate of drug-likeness (QED) is 0.885. The monoisotopic (exact) mass is 303 g/mol. The summed E-state index contributed by atoms with van der Waals surface area (Å²) in [4.78, 5) is 7.53. The highest BCUT2D eigenvalue weighted by molar-refractivity contribution is 7.92. The highest BCUT2D eigenvalue weighted by Gasteiger charge is 2.15. The van der Waals surface area contributed by atoms with E-state index in [-0.39, 0.29) is 21.0 Å². The Kier molecular flexibility index (Phi) is 3.70. The van der Waals surface area contributed by atoms with Crippen molar-refractivity contribution in [1.29, 1.82) is 0 Å². The second-order valence-corrected chi connectivity index (χ2v) is 5.72. The second kappa shape index (κ2) is 5.09. The van der Waals surface area contributed by atoms with Crippen molar-refractivity contribution in [2.45, 2.75) is 4.90 Å². The predicted octanol–water partition coefficient (Wildman–Crippen LogP) is 2.58. The fourth-order valence-corrected chi connectivity index (χ4v) is 2.40. The number of hydrogen-bond acceptors (Lipinski definition) is 4. The lowest BCUT2D eigenvalue weighted by Crippen LogP contribution is -2.14. The number of nitrogens with zero attached hydrogens (tertiary/aromatic N) is 2. The molecule has 0 amide bonds. The Bertz CT molecular complexity index is 659. The smallest absolute Gasteiger partial charge is 0.263 e. The zero-order valence-electron chi connectivity index (χ0n) is 8.84. The van der Waals surface area contributed by atoms with Gasteiger partial charge in [0, 0.05) is 6.20 Å². The average Bonchev–Trinajstić information content (AvgIpc) is 2.29. The molecule has 0 aliphatic carbocycles. The first kappa shape index (κ1) is 13.1. The Morgan fingerprint density at radius 3 is 2.44 bits per heavy atom. The van der Waals surface area contributed by atoms with Gasteiger partial charge >= 0.3 is 0 Å². The standard InChI is InChI=1S/C10H7Cl2N3O2S/c11-8-5-4-7(6-13-8)18(16,17)15-10-3-1-2-9(12)14-10/h1-6H,(H,14,15). The van der Waals surface area contributed by atoms with Gasteiger partial charge in [-0.05, 0) is 24.3 Å². The van der Waals surface area contributed by atoms with E-state index in [0.717, 1.165) is 6.20 Å². The van der Waals surface area contributed by atoms with Gasteiger partial charge in [0.25, 0.3) is 10.0 Å². The van der Waals surface area contributed by atoms with Crippen molar-refractivity contribution in [1.82, 2.24) is 9.97 Å². The first-order valence-electron chi connectivity index (χ1n) is 4.74. The summed E-state index contributed by atoms with van der Waals surface area (Å²) in [6.07, 6.45) is 1.16. The van der Waals surface area contributed by atoms with E-state index in [4.69, 9.17) is 23.2 Å². The van der Waals surface area contributed by atoms with Crippen molar-refractivity contribution < 1.29 is 8.42 Å². The molecule has 2 aromatic heterocycles. The molecule has 0 fully saturated rings. The lowest BCUT2D eigenvalue weighted by molar-refractivity contribution is 0.600. The van der Waals surface area contributed by atoms with Crippen molar-refractivity contribution in [2.24, 2.45) is 0 Å². The van der Waals surface area contributed by atoms with Crippen molar-refractivity contribution in [3.05, 3.63) is 46.8 Å². The normalized spacial score (nSPS) is 11.2. The van der Waals surface area contributed by atoms with E-state index in [9.17, 15) is 8.42 Å². The number of rotatable bonds is 3. The highest BCUT2D eigenvalue weighted by atomic mass is 35.5. The van der Waals surface area contributed by atoms with Crippen LogP contribution in [0.25, 0.3) is 0 Å². The first-order valence-corrected chi connectivity index (χ1v) is 6.98. The molecule has 8 heteroatoms. The van der Waals surface area contributed by atoms with Gasteiger partial charge in [0.15, 0.2) is 0 Å². The lowest BCUT2D eigenvalue weighted by atomic mass is 10.5. The van der Waals surface area contributed by atoms with Crippen LogP contribution in [0.4, 0.5) is 5.82 Å². The second-order valence-electron chi connectivity index (χ2n) is 3.27. The lowest BCUT2D eigenvalue weighted by Gasteiger charge is -2.06. The first-order chi connectivity index (χ1) is 8.47. The molecular weight excluding hydrogens is 297 g/mol. The Labute approximate surface area is 114 Å². The van der Waals surface area contributed by atoms with E-state index in [0.29, 0.717) is 0 Å². The zero-order chi connectivity index (χ0) is 13.2. The largest absolute Gasteiger partial charge is 0.264 e. The summed E-state index contributed by atoms with van der Waals surface area (Å²) in [7, 11) is -3.74. The van der Waals surface area contributed by atoms with Gasteiger partial charge in [0.2, 0.25) is 0 Å². The van der Waals surface area contributed by atoms with Crippen LogP contribution in [-0.2, 0) is 10.0 Å². The molecule has 2 heterocycles. The van der Waals surface area contributed by atoms with Crippen LogP contribution < -0.4 is 4.72 Å². The van der Waals surface area contributed by atoms with E-state index >= 15 is 0 Å². The molecule has 0 aliphatic rings. The molecule has 0 spiro atoms. The number of anilines is 1. The Hall–Kier alpha value is -1.37. The maximum atomic E-state index is 11.9. The maximum absolute atomic E-state index is 11.9. The number of pyridine rings is 2. The van der Waals surface area contributed by atoms with Crippen molar-refractivity contribution in [3.63, 3.8) is 0 Å². The average molecular weight is 304 g/mol. The van der Waals surface area contributed by atoms with Crippen LogP contribution in [0.2, 0.25) is 10.3 Å². The summed E-state index contributed by atoms with van der Waals surface area (Å²) < 4.78 is 26.2. The molecule has 94 valence electrons. The van der Waals surface area contributed by atoms with Gasteiger partial charge in [0.05, 0.1) is 0 Å². The van der Waals surface area contributed by atoms with Crippen molar-refractivity contribution in [3.8, 4) is 0 Å². The summed E-state index contributed by atoms with van der Waals surface area (Å²) in [5.74, 6) is 0.137. The zero-order valence-corrected chi connectivity index (χ0v) is 11.2. The topological polar surface area (TPSA) is 72.0 Å². The summed E-state index contributed by atoms with van der Waals surface area (Å²) >= 11 is 11.3. The summed E-state index contributed by atoms with van der Waals surface area (Å²) in [5.41, 5.74) is 0. The summed E-state index contributed by atoms with van der Waals surface area (Å²) in [6, 6.07) is 7.37. The minimum Gasteiger partial charge on any atom is -0.263 e. The third kappa shape index (κ3) is 3.10. The molecule has 1 N–H and O–H groups in total. The van der Waals surface area contributed by atoms with Gasteiger partial charge in [-0.15, -0.1) is 0 Å². The minimum atomic E-state index is -3.74. The van der Waals surface area contributed by atoms with Crippen molar-refractivity contribution in [2.75, 3.05) is 4.72 Å². The SMILES string of the molecule is O=S(=O)(Nc1cccc(Cl)n1)c1ccc(Cl)nc1. The van der Waals surface area contributed by atoms with Crippen LogP contribution in [0.1, 0.15) is 0 Å². The van der Waals surface area contributed by atoms with E-state index in [2.05, 4.69) is 14.7 Å². The minimum absolute atomic E-state index is 0.00586. The van der Waals surface area contributed by atoms with E-state index in [1.54, 1.807) is 12.1 Å². The molecule has 0 radical (unpaired) electrons. The van der Waals surface area contributed by atoms with Crippen molar-refractivity contribution >= 4 is 39.0 Å². The predicted molar refractivity (Wildman–Crippen MR) is 69.3 cm³/mol. The molecule has 18 heavy (non-hydrogen) atoms. The molecule has 2 rings (SSSR count). The van der Waals surface area contributed by atoms with Crippen LogP contribution in [0, 0.1) is 0 Å². The fourth-order valence-electron chi connectivity index (χ4n) is 1.18. The van der Waals surface area contributed by atoms with Gasteiger partial charge in [0.1, 0.15) is 21.0 Å². The fraction of sp³-hybridized carbons (Fsp3) is 0. The summed E-state index contributed by atoms with van der Waals surface area (Å²) in [5, 5.41) is 0.416. The Balaban J connectivity index is 2.30. The van der Waals surface area contributed by atoms with E-state index < -0.39 is 10.0 Å². The van der Waals surface area contributed by atoms with Crippen LogP contribution in [0.3, 0.4) is 0 Å². The molecule has 0 aliphatic heterocycles. The van der Waals surface area contributed by atoms with Gasteiger partial charge < -0.3 is 0 Å². The molecule has 0 aromatic carbocycles. The third-order valence-corrected chi connectivity index (χ3v) is 3.74. The number of sulfonamides is 1. The van der Waals surface area contributed by atoms with Crippen LogP contribution >= 0.6 is 23.2 Å². The molecular formula is C10H7Cl2N3O2S. The van der Waals surface area contributed by atoms with Gasteiger partial charge in [-0.25, -0.2) is 18.4 Å². The third-order valence-electron chi connectivity index (χ3n) is 1.96. The van der Waals surface area contributed by atoms with E-state index in [1.165, 1.54) is 18.2 Å². The molecule has 0 unspecified atom stereocenters. The molecule has 0 saturated heterocycles. The summed E-state index contributed by atoms with van der Waals surface area (Å²) in [6.45, 7) is 0. The van der Waals surface area contributed by atoms with E-state index in [1.807, 2.05) is 0 Å². The molecule has 0 atom stereocenters. The molecule has 2 aromatic rings. The van der Waals surface area contributed by atoms with Gasteiger partial charge in [-0.3, -0.25) is 4.72 Å². The maximum Gasteiger partial charge on any atom is 0.264 e. The number of halogens is 2. The Morgan fingerprint density at radius 2 is 1.83 bits per heavy atom. The van der Waals surface area contributed by atoms with Crippen LogP contribution in [-0.4, -0.2) is 18.4 Å². The molecule has 0 saturated carbocycles. The van der Waals surface area contributed by atoms with Crippen LogP contribution in [0.5, 0.6) is 0 Å². The number of aromatic nitrogens is 2. The molecule has 0 bridgehead atoms.